The molecule has 2 N–H and O–H groups in total. The Labute approximate surface area is 204 Å². The molecule has 0 aliphatic carbocycles. The minimum absolute atomic E-state index is 0.0492. The maximum absolute atomic E-state index is 13.9. The number of H-pyrrole nitrogens is 1. The van der Waals surface area contributed by atoms with Gasteiger partial charge >= 0.3 is 6.09 Å². The van der Waals surface area contributed by atoms with Crippen molar-refractivity contribution in [2.24, 2.45) is 0 Å². The van der Waals surface area contributed by atoms with Gasteiger partial charge in [-0.1, -0.05) is 36.4 Å². The molecule has 8 heteroatoms. The topological polar surface area (TPSA) is 94.7 Å². The Balaban J connectivity index is 1.45. The Hall–Kier alpha value is -3.81. The second-order valence-corrected chi connectivity index (χ2v) is 9.18. The summed E-state index contributed by atoms with van der Waals surface area (Å²) in [5.41, 5.74) is 3.19. The van der Waals surface area contributed by atoms with Gasteiger partial charge in [0.1, 0.15) is 0 Å². The van der Waals surface area contributed by atoms with E-state index in [4.69, 9.17) is 4.74 Å². The van der Waals surface area contributed by atoms with E-state index in [0.29, 0.717) is 38.1 Å². The van der Waals surface area contributed by atoms with Crippen LogP contribution < -0.4 is 5.32 Å². The van der Waals surface area contributed by atoms with Crippen molar-refractivity contribution in [2.75, 3.05) is 26.7 Å². The highest BCUT2D eigenvalue weighted by molar-refractivity contribution is 6.02. The fourth-order valence-corrected chi connectivity index (χ4v) is 5.40. The zero-order valence-electron chi connectivity index (χ0n) is 20.0. The van der Waals surface area contributed by atoms with Crippen LogP contribution in [0.3, 0.4) is 0 Å². The molecule has 2 aromatic carbocycles. The molecule has 1 aromatic heterocycles. The van der Waals surface area contributed by atoms with Crippen LogP contribution in [0, 0.1) is 0 Å². The molecule has 1 saturated heterocycles. The van der Waals surface area contributed by atoms with E-state index in [9.17, 15) is 14.4 Å². The van der Waals surface area contributed by atoms with Gasteiger partial charge in [0, 0.05) is 54.4 Å². The van der Waals surface area contributed by atoms with Gasteiger partial charge in [-0.25, -0.2) is 4.79 Å². The maximum atomic E-state index is 13.9. The van der Waals surface area contributed by atoms with Crippen LogP contribution in [0.15, 0.2) is 54.7 Å². The molecule has 0 spiro atoms. The van der Waals surface area contributed by atoms with Crippen molar-refractivity contribution in [1.29, 1.82) is 0 Å². The third-order valence-corrected chi connectivity index (χ3v) is 7.17. The van der Waals surface area contributed by atoms with Gasteiger partial charge in [0.05, 0.1) is 18.6 Å². The first-order chi connectivity index (χ1) is 17.0. The van der Waals surface area contributed by atoms with E-state index in [-0.39, 0.29) is 23.9 Å². The second kappa shape index (κ2) is 9.44. The van der Waals surface area contributed by atoms with Gasteiger partial charge in [-0.15, -0.1) is 0 Å². The number of carbonyl (C=O) groups excluding carboxylic acids is 3. The van der Waals surface area contributed by atoms with E-state index in [1.165, 1.54) is 0 Å². The number of benzene rings is 2. The van der Waals surface area contributed by atoms with E-state index in [0.717, 1.165) is 22.0 Å². The molecular weight excluding hydrogens is 444 g/mol. The average Bonchev–Trinajstić information content (AvgIpc) is 3.30. The van der Waals surface area contributed by atoms with Gasteiger partial charge in [0.2, 0.25) is 5.91 Å². The lowest BCUT2D eigenvalue weighted by molar-refractivity contribution is -0.125. The summed E-state index contributed by atoms with van der Waals surface area (Å²) < 4.78 is 5.10. The molecule has 0 saturated carbocycles. The van der Waals surface area contributed by atoms with Gasteiger partial charge in [-0.3, -0.25) is 9.59 Å². The predicted molar refractivity (Wildman–Crippen MR) is 132 cm³/mol. The second-order valence-electron chi connectivity index (χ2n) is 9.18. The largest absolute Gasteiger partial charge is 0.450 e. The Kier molecular flexibility index (Phi) is 6.19. The van der Waals surface area contributed by atoms with Crippen molar-refractivity contribution in [3.8, 4) is 0 Å². The lowest BCUT2D eigenvalue weighted by Crippen LogP contribution is -2.50. The van der Waals surface area contributed by atoms with Crippen LogP contribution in [0.2, 0.25) is 0 Å². The summed E-state index contributed by atoms with van der Waals surface area (Å²) >= 11 is 0. The fourth-order valence-electron chi connectivity index (χ4n) is 5.40. The highest BCUT2D eigenvalue weighted by Gasteiger charge is 2.44. The minimum Gasteiger partial charge on any atom is -0.450 e. The number of para-hydroxylation sites is 1. The summed E-state index contributed by atoms with van der Waals surface area (Å²) in [4.78, 5) is 45.9. The highest BCUT2D eigenvalue weighted by atomic mass is 16.6. The van der Waals surface area contributed by atoms with Gasteiger partial charge in [-0.05, 0) is 37.5 Å². The first kappa shape index (κ1) is 23.0. The summed E-state index contributed by atoms with van der Waals surface area (Å²) in [6.07, 6.45) is 2.92. The summed E-state index contributed by atoms with van der Waals surface area (Å²) in [7, 11) is 1.77. The number of likely N-dealkylation sites (N-methyl/N-ethyl adjacent to an activating group) is 1. The van der Waals surface area contributed by atoms with E-state index >= 15 is 0 Å². The number of aromatic amines is 1. The molecule has 182 valence electrons. The third-order valence-electron chi connectivity index (χ3n) is 7.17. The molecule has 3 aromatic rings. The number of piperidine rings is 1. The summed E-state index contributed by atoms with van der Waals surface area (Å²) in [6, 6.07) is 14.8. The molecule has 35 heavy (non-hydrogen) atoms. The van der Waals surface area contributed by atoms with Gasteiger partial charge in [0.25, 0.3) is 5.91 Å². The number of ether oxygens (including phenoxy) is 1. The molecule has 2 aliphatic rings. The van der Waals surface area contributed by atoms with Crippen molar-refractivity contribution in [2.45, 2.75) is 37.8 Å². The quantitative estimate of drug-likeness (QED) is 0.601. The van der Waals surface area contributed by atoms with Crippen LogP contribution in [0.25, 0.3) is 10.9 Å². The number of nitrogens with zero attached hydrogens (tertiary/aromatic N) is 2. The molecule has 2 unspecified atom stereocenters. The standard InChI is InChI=1S/C27H30N4O4/c1-3-35-27(34)31-14-12-17(13-15-31)29-25(32)23-19-9-4-5-10-20(19)26(33)30(2)24(23)21-16-28-22-11-7-6-8-18(21)22/h4-11,16-17,23-24,28H,3,12-15H2,1-2H3,(H,29,32). The molecule has 5 rings (SSSR count). The predicted octanol–water partition coefficient (Wildman–Crippen LogP) is 3.82. The van der Waals surface area contributed by atoms with E-state index in [2.05, 4.69) is 10.3 Å². The fraction of sp³-hybridized carbons (Fsp3) is 0.370. The van der Waals surface area contributed by atoms with Gasteiger partial charge in [-0.2, -0.15) is 0 Å². The normalized spacial score (nSPS) is 20.6. The van der Waals surface area contributed by atoms with Crippen molar-refractivity contribution in [3.63, 3.8) is 0 Å². The van der Waals surface area contributed by atoms with Crippen molar-refractivity contribution in [1.82, 2.24) is 20.1 Å². The molecule has 3 amide bonds. The van der Waals surface area contributed by atoms with Crippen molar-refractivity contribution < 1.29 is 19.1 Å². The Morgan fingerprint density at radius 2 is 1.77 bits per heavy atom. The molecule has 2 aliphatic heterocycles. The van der Waals surface area contributed by atoms with Crippen LogP contribution in [0.5, 0.6) is 0 Å². The van der Waals surface area contributed by atoms with Crippen LogP contribution >= 0.6 is 0 Å². The molecular formula is C27H30N4O4. The minimum atomic E-state index is -0.559. The number of rotatable bonds is 4. The van der Waals surface area contributed by atoms with E-state index in [1.807, 2.05) is 48.7 Å². The van der Waals surface area contributed by atoms with Crippen LogP contribution in [0.4, 0.5) is 4.79 Å². The summed E-state index contributed by atoms with van der Waals surface area (Å²) in [5.74, 6) is -0.763. The number of nitrogens with one attached hydrogen (secondary N) is 2. The maximum Gasteiger partial charge on any atom is 0.409 e. The molecule has 3 heterocycles. The zero-order chi connectivity index (χ0) is 24.5. The SMILES string of the molecule is CCOC(=O)N1CCC(NC(=O)C2c3ccccc3C(=O)N(C)C2c2c[nH]c3ccccc23)CC1. The van der Waals surface area contributed by atoms with Gasteiger partial charge < -0.3 is 24.8 Å². The number of aromatic nitrogens is 1. The number of amides is 3. The first-order valence-electron chi connectivity index (χ1n) is 12.1. The van der Waals surface area contributed by atoms with Gasteiger partial charge in [0.15, 0.2) is 0 Å². The molecule has 0 bridgehead atoms. The molecule has 8 nitrogen and oxygen atoms in total. The summed E-state index contributed by atoms with van der Waals surface area (Å²) in [6.45, 7) is 3.21. The Morgan fingerprint density at radius 1 is 1.06 bits per heavy atom. The average molecular weight is 475 g/mol. The molecule has 1 fully saturated rings. The molecule has 2 atom stereocenters. The number of fused-ring (bicyclic) bond motifs is 2. The van der Waals surface area contributed by atoms with Crippen LogP contribution in [-0.2, 0) is 9.53 Å². The van der Waals surface area contributed by atoms with E-state index in [1.54, 1.807) is 29.8 Å². The number of carbonyl (C=O) groups is 3. The first-order valence-corrected chi connectivity index (χ1v) is 12.1. The lowest BCUT2D eigenvalue weighted by atomic mass is 9.79. The number of likely N-dealkylation sites (tertiary alicyclic amines) is 1. The van der Waals surface area contributed by atoms with Crippen molar-refractivity contribution >= 4 is 28.8 Å². The number of hydrogen-bond donors (Lipinski definition) is 2. The van der Waals surface area contributed by atoms with Crippen LogP contribution in [-0.4, -0.2) is 65.5 Å². The monoisotopic (exact) mass is 474 g/mol. The lowest BCUT2D eigenvalue weighted by Gasteiger charge is -2.40. The molecule has 0 radical (unpaired) electrons. The summed E-state index contributed by atoms with van der Waals surface area (Å²) in [5, 5.41) is 4.23. The smallest absolute Gasteiger partial charge is 0.409 e. The Bertz CT molecular complexity index is 1260. The Morgan fingerprint density at radius 3 is 2.54 bits per heavy atom. The number of hydrogen-bond acceptors (Lipinski definition) is 4. The van der Waals surface area contributed by atoms with Crippen LogP contribution in [0.1, 0.15) is 53.2 Å². The highest BCUT2D eigenvalue weighted by Crippen LogP contribution is 2.44. The van der Waals surface area contributed by atoms with Crippen molar-refractivity contribution in [3.05, 3.63) is 71.4 Å². The third kappa shape index (κ3) is 4.13. The van der Waals surface area contributed by atoms with E-state index < -0.39 is 12.0 Å². The zero-order valence-corrected chi connectivity index (χ0v) is 20.0.